The Hall–Kier alpha value is -2.31. The van der Waals surface area contributed by atoms with Crippen molar-refractivity contribution < 1.29 is 13.9 Å². The lowest BCUT2D eigenvalue weighted by Crippen LogP contribution is -2.36. The summed E-state index contributed by atoms with van der Waals surface area (Å²) in [5, 5.41) is 6.00. The summed E-state index contributed by atoms with van der Waals surface area (Å²) < 4.78 is 18.5. The van der Waals surface area contributed by atoms with Gasteiger partial charge in [-0.25, -0.2) is 9.18 Å². The predicted molar refractivity (Wildman–Crippen MR) is 102 cm³/mol. The highest BCUT2D eigenvalue weighted by molar-refractivity contribution is 6.32. The maximum atomic E-state index is 13.1. The van der Waals surface area contributed by atoms with Gasteiger partial charge in [0, 0.05) is 12.2 Å². The van der Waals surface area contributed by atoms with Crippen LogP contribution >= 0.6 is 11.6 Å². The number of benzene rings is 2. The Balaban J connectivity index is 1.96. The van der Waals surface area contributed by atoms with Crippen molar-refractivity contribution in [3.63, 3.8) is 0 Å². The predicted octanol–water partition coefficient (Wildman–Crippen LogP) is 4.30. The monoisotopic (exact) mass is 379 g/mol. The molecule has 0 heterocycles. The van der Waals surface area contributed by atoms with Crippen molar-refractivity contribution in [1.82, 2.24) is 10.2 Å². The second-order valence-electron chi connectivity index (χ2n) is 5.94. The number of hydrogen-bond donors (Lipinski definition) is 2. The highest BCUT2D eigenvalue weighted by Crippen LogP contribution is 2.27. The number of anilines is 1. The third-order valence-electron chi connectivity index (χ3n) is 3.82. The quantitative estimate of drug-likeness (QED) is 0.754. The van der Waals surface area contributed by atoms with Crippen LogP contribution in [-0.4, -0.2) is 38.2 Å². The average Bonchev–Trinajstić information content (AvgIpc) is 2.59. The first-order valence-electron chi connectivity index (χ1n) is 8.29. The third kappa shape index (κ3) is 5.61. The topological polar surface area (TPSA) is 53.6 Å². The fourth-order valence-electron chi connectivity index (χ4n) is 2.50. The van der Waals surface area contributed by atoms with Crippen molar-refractivity contribution in [2.45, 2.75) is 13.0 Å². The highest BCUT2D eigenvalue weighted by atomic mass is 35.5. The van der Waals surface area contributed by atoms with Crippen molar-refractivity contribution in [2.75, 3.05) is 32.6 Å². The van der Waals surface area contributed by atoms with E-state index >= 15 is 0 Å². The van der Waals surface area contributed by atoms with E-state index in [0.717, 1.165) is 5.56 Å². The number of halogens is 2. The molecule has 2 rings (SSSR count). The fourth-order valence-corrected chi connectivity index (χ4v) is 2.73. The van der Waals surface area contributed by atoms with Gasteiger partial charge in [0.25, 0.3) is 0 Å². The van der Waals surface area contributed by atoms with Crippen molar-refractivity contribution in [2.24, 2.45) is 0 Å². The molecule has 140 valence electrons. The van der Waals surface area contributed by atoms with Crippen LogP contribution in [0.4, 0.5) is 14.9 Å². The zero-order valence-corrected chi connectivity index (χ0v) is 15.8. The lowest BCUT2D eigenvalue weighted by Gasteiger charge is -2.25. The maximum absolute atomic E-state index is 13.1. The van der Waals surface area contributed by atoms with Gasteiger partial charge in [0.15, 0.2) is 0 Å². The molecule has 0 fully saturated rings. The molecule has 0 saturated carbocycles. The molecule has 1 atom stereocenters. The smallest absolute Gasteiger partial charge is 0.319 e. The van der Waals surface area contributed by atoms with E-state index in [1.54, 1.807) is 30.3 Å². The van der Waals surface area contributed by atoms with E-state index in [1.807, 2.05) is 25.9 Å². The number of nitrogens with one attached hydrogen (secondary N) is 2. The van der Waals surface area contributed by atoms with Gasteiger partial charge in [0.1, 0.15) is 11.6 Å². The molecule has 2 N–H and O–H groups in total. The number of amides is 2. The fraction of sp³-hybridized carbons (Fsp3) is 0.316. The van der Waals surface area contributed by atoms with E-state index in [4.69, 9.17) is 16.3 Å². The second-order valence-corrected chi connectivity index (χ2v) is 6.35. The van der Waals surface area contributed by atoms with Gasteiger partial charge >= 0.3 is 6.03 Å². The van der Waals surface area contributed by atoms with Crippen molar-refractivity contribution >= 4 is 23.3 Å². The van der Waals surface area contributed by atoms with Gasteiger partial charge in [-0.05, 0) is 56.9 Å². The molecule has 0 aromatic heterocycles. The van der Waals surface area contributed by atoms with Crippen LogP contribution in [0.2, 0.25) is 5.02 Å². The normalized spacial score (nSPS) is 11.9. The Bertz CT molecular complexity index is 738. The Labute approximate surface area is 158 Å². The number of hydrogen-bond acceptors (Lipinski definition) is 3. The van der Waals surface area contributed by atoms with E-state index in [1.165, 1.54) is 12.1 Å². The highest BCUT2D eigenvalue weighted by Gasteiger charge is 2.15. The summed E-state index contributed by atoms with van der Waals surface area (Å²) in [4.78, 5) is 14.1. The molecule has 0 saturated heterocycles. The molecule has 1 unspecified atom stereocenters. The van der Waals surface area contributed by atoms with Crippen LogP contribution < -0.4 is 15.4 Å². The Morgan fingerprint density at radius 2 is 1.92 bits per heavy atom. The minimum absolute atomic E-state index is 0.0785. The largest absolute Gasteiger partial charge is 0.492 e. The summed E-state index contributed by atoms with van der Waals surface area (Å²) >= 11 is 6.12. The number of carbonyl (C=O) groups is 1. The van der Waals surface area contributed by atoms with E-state index in [-0.39, 0.29) is 17.9 Å². The number of nitrogens with zero attached hydrogens (tertiary/aromatic N) is 1. The SMILES string of the molecule is CCOc1ccc(NC(=O)NCC(c2ccc(F)cc2)N(C)C)cc1Cl. The van der Waals surface area contributed by atoms with Gasteiger partial charge in [-0.2, -0.15) is 0 Å². The summed E-state index contributed by atoms with van der Waals surface area (Å²) in [6, 6.07) is 10.9. The molecular formula is C19H23ClFN3O2. The average molecular weight is 380 g/mol. The molecule has 0 bridgehead atoms. The van der Waals surface area contributed by atoms with Gasteiger partial charge in [-0.15, -0.1) is 0 Å². The van der Waals surface area contributed by atoms with Crippen molar-refractivity contribution in [1.29, 1.82) is 0 Å². The summed E-state index contributed by atoms with van der Waals surface area (Å²) in [5.74, 6) is 0.286. The molecule has 2 amide bonds. The molecule has 2 aromatic carbocycles. The van der Waals surface area contributed by atoms with Gasteiger partial charge in [-0.3, -0.25) is 0 Å². The van der Waals surface area contributed by atoms with Crippen molar-refractivity contribution in [3.8, 4) is 5.75 Å². The summed E-state index contributed by atoms with van der Waals surface area (Å²) in [5.41, 5.74) is 1.49. The van der Waals surface area contributed by atoms with Crippen LogP contribution in [0.25, 0.3) is 0 Å². The Kier molecular flexibility index (Phi) is 7.24. The van der Waals surface area contributed by atoms with Gasteiger partial charge in [-0.1, -0.05) is 23.7 Å². The molecule has 7 heteroatoms. The molecule has 0 radical (unpaired) electrons. The first-order chi connectivity index (χ1) is 12.4. The molecule has 0 spiro atoms. The number of carbonyl (C=O) groups excluding carboxylic acids is 1. The van der Waals surface area contributed by atoms with Crippen LogP contribution in [-0.2, 0) is 0 Å². The van der Waals surface area contributed by atoms with Crippen LogP contribution in [0.1, 0.15) is 18.5 Å². The van der Waals surface area contributed by atoms with Gasteiger partial charge in [0.2, 0.25) is 0 Å². The second kappa shape index (κ2) is 9.40. The van der Waals surface area contributed by atoms with Crippen molar-refractivity contribution in [3.05, 3.63) is 58.9 Å². The number of ether oxygens (including phenoxy) is 1. The van der Waals surface area contributed by atoms with E-state index < -0.39 is 0 Å². The lowest BCUT2D eigenvalue weighted by atomic mass is 10.1. The number of rotatable bonds is 7. The van der Waals surface area contributed by atoms with E-state index in [2.05, 4.69) is 10.6 Å². The Morgan fingerprint density at radius 1 is 1.23 bits per heavy atom. The zero-order chi connectivity index (χ0) is 19.1. The lowest BCUT2D eigenvalue weighted by molar-refractivity contribution is 0.243. The zero-order valence-electron chi connectivity index (χ0n) is 15.1. The molecule has 5 nitrogen and oxygen atoms in total. The first-order valence-corrected chi connectivity index (χ1v) is 8.67. The molecule has 0 aliphatic rings. The summed E-state index contributed by atoms with van der Waals surface area (Å²) in [6.07, 6.45) is 0. The standard InChI is InChI=1S/C19H23ClFN3O2/c1-4-26-18-10-9-15(11-16(18)20)23-19(25)22-12-17(24(2)3)13-5-7-14(21)8-6-13/h5-11,17H,4,12H2,1-3H3,(H2,22,23,25). The molecule has 26 heavy (non-hydrogen) atoms. The third-order valence-corrected chi connectivity index (χ3v) is 4.12. The number of urea groups is 1. The van der Waals surface area contributed by atoms with Gasteiger partial charge < -0.3 is 20.3 Å². The van der Waals surface area contributed by atoms with E-state index in [9.17, 15) is 9.18 Å². The maximum Gasteiger partial charge on any atom is 0.319 e. The first kappa shape index (κ1) is 20.0. The van der Waals surface area contributed by atoms with Crippen LogP contribution in [0.15, 0.2) is 42.5 Å². The molecule has 2 aromatic rings. The van der Waals surface area contributed by atoms with E-state index in [0.29, 0.717) is 29.6 Å². The van der Waals surface area contributed by atoms with Crippen LogP contribution in [0.5, 0.6) is 5.75 Å². The summed E-state index contributed by atoms with van der Waals surface area (Å²) in [6.45, 7) is 2.76. The molecule has 0 aliphatic heterocycles. The molecule has 0 aliphatic carbocycles. The summed E-state index contributed by atoms with van der Waals surface area (Å²) in [7, 11) is 3.81. The minimum atomic E-state index is -0.348. The Morgan fingerprint density at radius 3 is 2.50 bits per heavy atom. The van der Waals surface area contributed by atoms with Gasteiger partial charge in [0.05, 0.1) is 17.7 Å². The van der Waals surface area contributed by atoms with Crippen LogP contribution in [0.3, 0.4) is 0 Å². The minimum Gasteiger partial charge on any atom is -0.492 e. The number of likely N-dealkylation sites (N-methyl/N-ethyl adjacent to an activating group) is 1. The molecular weight excluding hydrogens is 357 g/mol. The van der Waals surface area contributed by atoms with Crippen LogP contribution in [0, 0.1) is 5.82 Å².